The SMILES string of the molecule is CC(Sc1nncn1C1CC1)c1cccc([N+](=O)[O-])c1. The van der Waals surface area contributed by atoms with Gasteiger partial charge in [0.1, 0.15) is 6.33 Å². The second-order valence-corrected chi connectivity index (χ2v) is 6.17. The highest BCUT2D eigenvalue weighted by molar-refractivity contribution is 7.99. The lowest BCUT2D eigenvalue weighted by Crippen LogP contribution is -1.97. The lowest BCUT2D eigenvalue weighted by atomic mass is 10.1. The molecule has 1 fully saturated rings. The van der Waals surface area contributed by atoms with Crippen LogP contribution in [0.25, 0.3) is 0 Å². The molecule has 6 nitrogen and oxygen atoms in total. The van der Waals surface area contributed by atoms with Gasteiger partial charge in [-0.25, -0.2) is 0 Å². The van der Waals surface area contributed by atoms with E-state index in [4.69, 9.17) is 0 Å². The van der Waals surface area contributed by atoms with Gasteiger partial charge in [-0.15, -0.1) is 10.2 Å². The fourth-order valence-electron chi connectivity index (χ4n) is 2.04. The number of rotatable bonds is 5. The van der Waals surface area contributed by atoms with Crippen LogP contribution in [0.3, 0.4) is 0 Å². The molecule has 0 spiro atoms. The molecule has 1 aliphatic rings. The van der Waals surface area contributed by atoms with Crippen molar-refractivity contribution in [1.29, 1.82) is 0 Å². The average molecular weight is 290 g/mol. The minimum atomic E-state index is -0.367. The predicted molar refractivity (Wildman–Crippen MR) is 75.7 cm³/mol. The Kier molecular flexibility index (Phi) is 3.43. The van der Waals surface area contributed by atoms with E-state index < -0.39 is 0 Å². The van der Waals surface area contributed by atoms with Crippen LogP contribution in [0.1, 0.15) is 36.6 Å². The van der Waals surface area contributed by atoms with Crippen LogP contribution >= 0.6 is 11.8 Å². The summed E-state index contributed by atoms with van der Waals surface area (Å²) in [5.74, 6) is 0. The summed E-state index contributed by atoms with van der Waals surface area (Å²) >= 11 is 1.59. The first-order chi connectivity index (χ1) is 9.65. The quantitative estimate of drug-likeness (QED) is 0.479. The molecule has 104 valence electrons. The second kappa shape index (κ2) is 5.24. The molecule has 0 saturated heterocycles. The average Bonchev–Trinajstić information content (AvgIpc) is 3.19. The Balaban J connectivity index is 1.78. The zero-order valence-electron chi connectivity index (χ0n) is 11.0. The van der Waals surface area contributed by atoms with Gasteiger partial charge in [-0.1, -0.05) is 23.9 Å². The van der Waals surface area contributed by atoms with E-state index in [0.29, 0.717) is 6.04 Å². The van der Waals surface area contributed by atoms with Gasteiger partial charge in [0.25, 0.3) is 5.69 Å². The lowest BCUT2D eigenvalue weighted by Gasteiger charge is -2.11. The van der Waals surface area contributed by atoms with Gasteiger partial charge in [0.15, 0.2) is 5.16 Å². The van der Waals surface area contributed by atoms with Crippen LogP contribution in [0.15, 0.2) is 35.7 Å². The zero-order valence-corrected chi connectivity index (χ0v) is 11.8. The van der Waals surface area contributed by atoms with Gasteiger partial charge in [0.2, 0.25) is 0 Å². The minimum Gasteiger partial charge on any atom is -0.306 e. The number of nitro groups is 1. The molecule has 7 heteroatoms. The number of nitro benzene ring substituents is 1. The van der Waals surface area contributed by atoms with Crippen molar-refractivity contribution >= 4 is 17.4 Å². The van der Waals surface area contributed by atoms with Crippen molar-refractivity contribution < 1.29 is 4.92 Å². The van der Waals surface area contributed by atoms with Crippen molar-refractivity contribution in [3.8, 4) is 0 Å². The molecular weight excluding hydrogens is 276 g/mol. The number of hydrogen-bond donors (Lipinski definition) is 0. The third-order valence-corrected chi connectivity index (χ3v) is 4.44. The summed E-state index contributed by atoms with van der Waals surface area (Å²) in [6.07, 6.45) is 4.12. The molecule has 1 aliphatic carbocycles. The van der Waals surface area contributed by atoms with Crippen molar-refractivity contribution in [1.82, 2.24) is 14.8 Å². The third kappa shape index (κ3) is 2.67. The summed E-state index contributed by atoms with van der Waals surface area (Å²) in [5.41, 5.74) is 1.05. The maximum absolute atomic E-state index is 10.8. The Bertz CT molecular complexity index is 639. The van der Waals surface area contributed by atoms with E-state index in [1.54, 1.807) is 30.2 Å². The zero-order chi connectivity index (χ0) is 14.1. The van der Waals surface area contributed by atoms with Gasteiger partial charge in [-0.3, -0.25) is 10.1 Å². The summed E-state index contributed by atoms with van der Waals surface area (Å²) in [5, 5.41) is 19.9. The number of non-ortho nitro benzene ring substituents is 1. The van der Waals surface area contributed by atoms with Gasteiger partial charge in [0, 0.05) is 23.4 Å². The third-order valence-electron chi connectivity index (χ3n) is 3.31. The van der Waals surface area contributed by atoms with Crippen LogP contribution in [-0.2, 0) is 0 Å². The van der Waals surface area contributed by atoms with Crippen LogP contribution in [0.2, 0.25) is 0 Å². The summed E-state index contributed by atoms with van der Waals surface area (Å²) in [7, 11) is 0. The van der Waals surface area contributed by atoms with Crippen molar-refractivity contribution in [3.63, 3.8) is 0 Å². The second-order valence-electron chi connectivity index (χ2n) is 4.86. The van der Waals surface area contributed by atoms with Crippen molar-refractivity contribution in [2.24, 2.45) is 0 Å². The number of benzene rings is 1. The normalized spacial score (nSPS) is 16.1. The van der Waals surface area contributed by atoms with E-state index in [-0.39, 0.29) is 15.9 Å². The van der Waals surface area contributed by atoms with Crippen molar-refractivity contribution in [2.45, 2.75) is 36.2 Å². The first kappa shape index (κ1) is 13.1. The molecule has 0 radical (unpaired) electrons. The Morgan fingerprint density at radius 1 is 1.50 bits per heavy atom. The van der Waals surface area contributed by atoms with Gasteiger partial charge < -0.3 is 4.57 Å². The van der Waals surface area contributed by atoms with Crippen molar-refractivity contribution in [3.05, 3.63) is 46.3 Å². The molecule has 1 saturated carbocycles. The number of nitrogens with zero attached hydrogens (tertiary/aromatic N) is 4. The maximum Gasteiger partial charge on any atom is 0.269 e. The van der Waals surface area contributed by atoms with E-state index in [1.807, 2.05) is 13.0 Å². The lowest BCUT2D eigenvalue weighted by molar-refractivity contribution is -0.384. The Labute approximate surface area is 120 Å². The van der Waals surface area contributed by atoms with Gasteiger partial charge >= 0.3 is 0 Å². The topological polar surface area (TPSA) is 73.8 Å². The molecule has 1 aromatic heterocycles. The highest BCUT2D eigenvalue weighted by atomic mass is 32.2. The molecule has 0 amide bonds. The minimum absolute atomic E-state index is 0.0941. The van der Waals surface area contributed by atoms with E-state index >= 15 is 0 Å². The highest BCUT2D eigenvalue weighted by Gasteiger charge is 2.27. The number of thioether (sulfide) groups is 1. The fourth-order valence-corrected chi connectivity index (χ4v) is 3.05. The molecule has 0 aliphatic heterocycles. The highest BCUT2D eigenvalue weighted by Crippen LogP contribution is 2.41. The molecule has 1 aromatic carbocycles. The molecular formula is C13H14N4O2S. The molecule has 0 N–H and O–H groups in total. The summed E-state index contributed by atoms with van der Waals surface area (Å²) in [6, 6.07) is 7.28. The van der Waals surface area contributed by atoms with Gasteiger partial charge in [0.05, 0.1) is 4.92 Å². The van der Waals surface area contributed by atoms with E-state index in [2.05, 4.69) is 14.8 Å². The fraction of sp³-hybridized carbons (Fsp3) is 0.385. The van der Waals surface area contributed by atoms with Crippen LogP contribution in [-0.4, -0.2) is 19.7 Å². The van der Waals surface area contributed by atoms with E-state index in [9.17, 15) is 10.1 Å². The summed E-state index contributed by atoms with van der Waals surface area (Å²) in [6.45, 7) is 2.02. The standard InChI is InChI=1S/C13H14N4O2S/c1-9(10-3-2-4-12(7-10)17(18)19)20-13-15-14-8-16(13)11-5-6-11/h2-4,7-9,11H,5-6H2,1H3. The first-order valence-electron chi connectivity index (χ1n) is 6.45. The number of aromatic nitrogens is 3. The van der Waals surface area contributed by atoms with Gasteiger partial charge in [-0.2, -0.15) is 0 Å². The summed E-state index contributed by atoms with van der Waals surface area (Å²) < 4.78 is 2.10. The molecule has 3 rings (SSSR count). The van der Waals surface area contributed by atoms with Crippen molar-refractivity contribution in [2.75, 3.05) is 0 Å². The molecule has 1 unspecified atom stereocenters. The van der Waals surface area contributed by atoms with Crippen LogP contribution in [0.4, 0.5) is 5.69 Å². The van der Waals surface area contributed by atoms with E-state index in [1.165, 1.54) is 18.9 Å². The van der Waals surface area contributed by atoms with Crippen LogP contribution in [0, 0.1) is 10.1 Å². The van der Waals surface area contributed by atoms with Gasteiger partial charge in [-0.05, 0) is 25.3 Å². The number of hydrogen-bond acceptors (Lipinski definition) is 5. The Morgan fingerprint density at radius 3 is 3.00 bits per heavy atom. The molecule has 1 atom stereocenters. The largest absolute Gasteiger partial charge is 0.306 e. The first-order valence-corrected chi connectivity index (χ1v) is 7.33. The van der Waals surface area contributed by atoms with Crippen LogP contribution in [0.5, 0.6) is 0 Å². The molecule has 2 aromatic rings. The smallest absolute Gasteiger partial charge is 0.269 e. The molecule has 20 heavy (non-hydrogen) atoms. The Hall–Kier alpha value is -1.89. The van der Waals surface area contributed by atoms with Crippen LogP contribution < -0.4 is 0 Å². The molecule has 0 bridgehead atoms. The van der Waals surface area contributed by atoms with E-state index in [0.717, 1.165) is 10.7 Å². The maximum atomic E-state index is 10.8. The Morgan fingerprint density at radius 2 is 2.30 bits per heavy atom. The predicted octanol–water partition coefficient (Wildman–Crippen LogP) is 3.37. The summed E-state index contributed by atoms with van der Waals surface area (Å²) in [4.78, 5) is 10.4. The monoisotopic (exact) mass is 290 g/mol. The molecule has 1 heterocycles.